The smallest absolute Gasteiger partial charge is 0.263 e. The zero-order valence-electron chi connectivity index (χ0n) is 22.5. The number of hydrogen-bond acceptors (Lipinski definition) is 7. The molecule has 0 atom stereocenters. The first kappa shape index (κ1) is 26.0. The maximum Gasteiger partial charge on any atom is 0.263 e. The second kappa shape index (κ2) is 10.7. The summed E-state index contributed by atoms with van der Waals surface area (Å²) in [5, 5.41) is 3.27. The monoisotopic (exact) mass is 547 g/mol. The maximum atomic E-state index is 15.3. The Balaban J connectivity index is 1.30. The number of amides is 1. The molecule has 4 heterocycles. The summed E-state index contributed by atoms with van der Waals surface area (Å²) in [6.45, 7) is 10.1. The van der Waals surface area contributed by atoms with Gasteiger partial charge in [-0.25, -0.2) is 18.7 Å². The number of carbonyl (C=O) groups is 1. The van der Waals surface area contributed by atoms with Gasteiger partial charge in [0.05, 0.1) is 5.52 Å². The van der Waals surface area contributed by atoms with E-state index in [2.05, 4.69) is 37.0 Å². The molecule has 0 saturated carbocycles. The number of aromatic amines is 1. The van der Waals surface area contributed by atoms with Gasteiger partial charge in [0.2, 0.25) is 5.88 Å². The van der Waals surface area contributed by atoms with Gasteiger partial charge in [0, 0.05) is 67.8 Å². The van der Waals surface area contributed by atoms with Crippen molar-refractivity contribution in [2.24, 2.45) is 0 Å². The lowest BCUT2D eigenvalue weighted by Gasteiger charge is -2.35. The molecule has 0 bridgehead atoms. The third-order valence-electron chi connectivity index (χ3n) is 7.59. The molecule has 2 saturated heterocycles. The number of halogens is 2. The van der Waals surface area contributed by atoms with Crippen LogP contribution in [0.15, 0.2) is 42.7 Å². The van der Waals surface area contributed by atoms with Crippen LogP contribution >= 0.6 is 0 Å². The van der Waals surface area contributed by atoms with Gasteiger partial charge >= 0.3 is 0 Å². The number of anilines is 3. The number of rotatable bonds is 7. The fourth-order valence-corrected chi connectivity index (χ4v) is 5.14. The van der Waals surface area contributed by atoms with Crippen molar-refractivity contribution < 1.29 is 18.3 Å². The van der Waals surface area contributed by atoms with Gasteiger partial charge in [0.1, 0.15) is 11.9 Å². The number of carbonyl (C=O) groups excluding carboxylic acids is 1. The lowest BCUT2D eigenvalue weighted by atomic mass is 10.1. The highest BCUT2D eigenvalue weighted by Gasteiger charge is 2.30. The van der Waals surface area contributed by atoms with E-state index >= 15 is 4.39 Å². The van der Waals surface area contributed by atoms with E-state index in [1.807, 2.05) is 24.3 Å². The minimum atomic E-state index is -0.744. The van der Waals surface area contributed by atoms with E-state index in [4.69, 9.17) is 4.74 Å². The standard InChI is InChI=1S/C29H31F2N7O2/c1-3-36-11-13-37(14-12-36)20-7-5-19(6-8-20)35-27-24(29(39)38-9-4-10-38)28(33-17-32-27)40-23-16-22(30)26-21(25(23)31)15-18(2)34-26/h5-8,15-17,34H,3-4,9-14H2,1-2H3,(H,32,33,35). The van der Waals surface area contributed by atoms with Crippen LogP contribution in [-0.4, -0.2) is 76.5 Å². The van der Waals surface area contributed by atoms with Crippen LogP contribution in [0.1, 0.15) is 29.4 Å². The summed E-state index contributed by atoms with van der Waals surface area (Å²) in [6.07, 6.45) is 2.12. The number of aromatic nitrogens is 3. The quantitative estimate of drug-likeness (QED) is 0.334. The van der Waals surface area contributed by atoms with Crippen LogP contribution < -0.4 is 15.0 Å². The van der Waals surface area contributed by atoms with Gasteiger partial charge < -0.3 is 29.7 Å². The molecule has 0 radical (unpaired) electrons. The molecular weight excluding hydrogens is 516 g/mol. The molecule has 4 aromatic rings. The van der Waals surface area contributed by atoms with Crippen molar-refractivity contribution in [3.05, 3.63) is 65.6 Å². The predicted octanol–water partition coefficient (Wildman–Crippen LogP) is 5.07. The zero-order valence-corrected chi connectivity index (χ0v) is 22.5. The largest absolute Gasteiger partial charge is 0.435 e. The lowest BCUT2D eigenvalue weighted by molar-refractivity contribution is 0.0649. The van der Waals surface area contributed by atoms with Crippen LogP contribution in [0.3, 0.4) is 0 Å². The number of benzene rings is 2. The van der Waals surface area contributed by atoms with E-state index in [0.29, 0.717) is 18.8 Å². The summed E-state index contributed by atoms with van der Waals surface area (Å²) in [4.78, 5) is 31.2. The maximum absolute atomic E-state index is 15.3. The Morgan fingerprint density at radius 2 is 1.80 bits per heavy atom. The van der Waals surface area contributed by atoms with Crippen molar-refractivity contribution in [3.63, 3.8) is 0 Å². The summed E-state index contributed by atoms with van der Waals surface area (Å²) < 4.78 is 35.9. The molecule has 9 nitrogen and oxygen atoms in total. The number of fused-ring (bicyclic) bond motifs is 1. The molecule has 11 heteroatoms. The van der Waals surface area contributed by atoms with Crippen LogP contribution in [0.2, 0.25) is 0 Å². The topological polar surface area (TPSA) is 89.6 Å². The molecule has 6 rings (SSSR count). The van der Waals surface area contributed by atoms with Crippen LogP contribution in [0.5, 0.6) is 11.6 Å². The molecule has 0 aliphatic carbocycles. The Bertz CT molecular complexity index is 1540. The van der Waals surface area contributed by atoms with Gasteiger partial charge in [-0.1, -0.05) is 6.92 Å². The number of aryl methyl sites for hydroxylation is 1. The third-order valence-corrected chi connectivity index (χ3v) is 7.59. The minimum absolute atomic E-state index is 0.0555. The zero-order chi connectivity index (χ0) is 27.8. The molecule has 208 valence electrons. The third kappa shape index (κ3) is 4.92. The number of H-pyrrole nitrogens is 1. The van der Waals surface area contributed by atoms with Crippen LogP contribution in [0.4, 0.5) is 26.0 Å². The van der Waals surface area contributed by atoms with Crippen molar-refractivity contribution in [2.75, 3.05) is 56.0 Å². The first-order valence-corrected chi connectivity index (χ1v) is 13.5. The highest BCUT2D eigenvalue weighted by molar-refractivity contribution is 6.02. The minimum Gasteiger partial charge on any atom is -0.435 e. The molecule has 0 spiro atoms. The van der Waals surface area contributed by atoms with Crippen LogP contribution in [0, 0.1) is 18.6 Å². The highest BCUT2D eigenvalue weighted by Crippen LogP contribution is 2.36. The molecule has 2 aromatic heterocycles. The van der Waals surface area contributed by atoms with Gasteiger partial charge in [0.15, 0.2) is 23.2 Å². The van der Waals surface area contributed by atoms with E-state index < -0.39 is 11.6 Å². The molecule has 2 aliphatic rings. The molecule has 40 heavy (non-hydrogen) atoms. The number of likely N-dealkylation sites (tertiary alicyclic amines) is 1. The second-order valence-corrected chi connectivity index (χ2v) is 10.2. The fraction of sp³-hybridized carbons (Fsp3) is 0.345. The predicted molar refractivity (Wildman–Crippen MR) is 150 cm³/mol. The summed E-state index contributed by atoms with van der Waals surface area (Å²) in [5.74, 6) is -2.03. The second-order valence-electron chi connectivity index (χ2n) is 10.2. The van der Waals surface area contributed by atoms with E-state index in [1.165, 1.54) is 12.4 Å². The number of likely N-dealkylation sites (N-methyl/N-ethyl adjacent to an activating group) is 1. The molecule has 2 aromatic carbocycles. The molecule has 2 N–H and O–H groups in total. The average molecular weight is 548 g/mol. The summed E-state index contributed by atoms with van der Waals surface area (Å²) >= 11 is 0. The van der Waals surface area contributed by atoms with E-state index in [0.717, 1.165) is 56.6 Å². The SMILES string of the molecule is CCN1CCN(c2ccc(Nc3ncnc(Oc4cc(F)c5[nH]c(C)cc5c4F)c3C(=O)N3CCC3)cc2)CC1. The molecular formula is C29H31F2N7O2. The van der Waals surface area contributed by atoms with Gasteiger partial charge in [0.25, 0.3) is 5.91 Å². The first-order valence-electron chi connectivity index (χ1n) is 13.5. The van der Waals surface area contributed by atoms with E-state index in [9.17, 15) is 9.18 Å². The Hall–Kier alpha value is -4.25. The number of hydrogen-bond donors (Lipinski definition) is 2. The van der Waals surface area contributed by atoms with Crippen molar-refractivity contribution in [3.8, 4) is 11.6 Å². The van der Waals surface area contributed by atoms with Crippen molar-refractivity contribution in [1.82, 2.24) is 24.8 Å². The lowest BCUT2D eigenvalue weighted by Crippen LogP contribution is -2.46. The van der Waals surface area contributed by atoms with Crippen LogP contribution in [0.25, 0.3) is 10.9 Å². The number of piperazine rings is 1. The van der Waals surface area contributed by atoms with Gasteiger partial charge in [-0.3, -0.25) is 4.79 Å². The summed E-state index contributed by atoms with van der Waals surface area (Å²) in [5.41, 5.74) is 2.57. The Labute approximate surface area is 230 Å². The highest BCUT2D eigenvalue weighted by atomic mass is 19.1. The van der Waals surface area contributed by atoms with Gasteiger partial charge in [-0.05, 0) is 50.2 Å². The summed E-state index contributed by atoms with van der Waals surface area (Å²) in [7, 11) is 0. The first-order chi connectivity index (χ1) is 19.4. The van der Waals surface area contributed by atoms with Crippen molar-refractivity contribution >= 4 is 34.0 Å². The van der Waals surface area contributed by atoms with Gasteiger partial charge in [-0.15, -0.1) is 0 Å². The van der Waals surface area contributed by atoms with Crippen LogP contribution in [-0.2, 0) is 0 Å². The molecule has 2 fully saturated rings. The van der Waals surface area contributed by atoms with Gasteiger partial charge in [-0.2, -0.15) is 0 Å². The van der Waals surface area contributed by atoms with Crippen molar-refractivity contribution in [1.29, 1.82) is 0 Å². The Morgan fingerprint density at radius 1 is 1.05 bits per heavy atom. The number of nitrogens with one attached hydrogen (secondary N) is 2. The summed E-state index contributed by atoms with van der Waals surface area (Å²) in [6, 6.07) is 10.4. The number of ether oxygens (including phenoxy) is 1. The number of nitrogens with zero attached hydrogens (tertiary/aromatic N) is 5. The fourth-order valence-electron chi connectivity index (χ4n) is 5.14. The Kier molecular flexibility index (Phi) is 6.97. The Morgan fingerprint density at radius 3 is 2.48 bits per heavy atom. The molecule has 1 amide bonds. The molecule has 2 aliphatic heterocycles. The van der Waals surface area contributed by atoms with Crippen molar-refractivity contribution in [2.45, 2.75) is 20.3 Å². The van der Waals surface area contributed by atoms with E-state index in [1.54, 1.807) is 11.8 Å². The average Bonchev–Trinajstić information content (AvgIpc) is 3.34. The molecule has 0 unspecified atom stereocenters. The normalized spacial score (nSPS) is 15.8. The van der Waals surface area contributed by atoms with E-state index in [-0.39, 0.29) is 39.8 Å².